The Morgan fingerprint density at radius 3 is 2.36 bits per heavy atom. The molecule has 0 aromatic heterocycles. The highest BCUT2D eigenvalue weighted by Crippen LogP contribution is 2.12. The molecule has 64 valence electrons. The summed E-state index contributed by atoms with van der Waals surface area (Å²) < 4.78 is 0. The van der Waals surface area contributed by atoms with Crippen molar-refractivity contribution in [1.29, 1.82) is 0 Å². The van der Waals surface area contributed by atoms with Gasteiger partial charge < -0.3 is 0 Å². The van der Waals surface area contributed by atoms with Crippen LogP contribution in [0.3, 0.4) is 0 Å². The predicted octanol–water partition coefficient (Wildman–Crippen LogP) is 0.941. The predicted molar refractivity (Wildman–Crippen MR) is 42.8 cm³/mol. The summed E-state index contributed by atoms with van der Waals surface area (Å²) in [5.74, 6) is 0.614. The minimum absolute atomic E-state index is 0.193. The van der Waals surface area contributed by atoms with Gasteiger partial charge in [-0.3, -0.25) is 14.9 Å². The highest BCUT2D eigenvalue weighted by molar-refractivity contribution is 5.85. The largest absolute Gasteiger partial charge is 0.299 e. The first-order chi connectivity index (χ1) is 5.07. The van der Waals surface area contributed by atoms with Crippen molar-refractivity contribution in [3.63, 3.8) is 0 Å². The summed E-state index contributed by atoms with van der Waals surface area (Å²) in [6.45, 7) is 6.10. The Morgan fingerprint density at radius 2 is 2.00 bits per heavy atom. The van der Waals surface area contributed by atoms with Gasteiger partial charge in [0.1, 0.15) is 0 Å². The molecule has 2 amide bonds. The molecular formula is C8H15NO2. The summed E-state index contributed by atoms with van der Waals surface area (Å²) in [7, 11) is 0. The molecule has 3 heteroatoms. The fourth-order valence-corrected chi connectivity index (χ4v) is 0.653. The summed E-state index contributed by atoms with van der Waals surface area (Å²) in [4.78, 5) is 20.7. The molecule has 0 spiro atoms. The van der Waals surface area contributed by atoms with E-state index < -0.39 is 0 Å². The van der Waals surface area contributed by atoms with E-state index in [-0.39, 0.29) is 5.91 Å². The Bertz CT molecular complexity index is 143. The molecule has 1 N–H and O–H groups in total. The molecular weight excluding hydrogens is 142 g/mol. The van der Waals surface area contributed by atoms with E-state index in [2.05, 4.69) is 19.2 Å². The van der Waals surface area contributed by atoms with Gasteiger partial charge in [-0.05, 0) is 11.8 Å². The monoisotopic (exact) mass is 157 g/mol. The average Bonchev–Trinajstić information content (AvgIpc) is 1.87. The van der Waals surface area contributed by atoms with Crippen LogP contribution in [0.4, 0.5) is 0 Å². The quantitative estimate of drug-likeness (QED) is 0.617. The van der Waals surface area contributed by atoms with Crippen LogP contribution in [-0.2, 0) is 9.59 Å². The second kappa shape index (κ2) is 4.88. The van der Waals surface area contributed by atoms with Crippen LogP contribution in [0, 0.1) is 11.8 Å². The van der Waals surface area contributed by atoms with Crippen LogP contribution in [0.15, 0.2) is 0 Å². The maximum Gasteiger partial charge on any atom is 0.226 e. The number of imide groups is 1. The van der Waals surface area contributed by atoms with Crippen LogP contribution in [0.1, 0.15) is 27.2 Å². The lowest BCUT2D eigenvalue weighted by molar-refractivity contribution is -0.126. The number of hydrogen-bond acceptors (Lipinski definition) is 2. The number of nitrogens with one attached hydrogen (secondary N) is 1. The highest BCUT2D eigenvalue weighted by atomic mass is 16.2. The van der Waals surface area contributed by atoms with Crippen LogP contribution >= 0.6 is 0 Å². The smallest absolute Gasteiger partial charge is 0.226 e. The summed E-state index contributed by atoms with van der Waals surface area (Å²) in [5, 5.41) is 2.11. The van der Waals surface area contributed by atoms with Crippen LogP contribution in [-0.4, -0.2) is 12.3 Å². The molecule has 0 aliphatic heterocycles. The normalized spacial score (nSPS) is 12.7. The third kappa shape index (κ3) is 4.53. The molecule has 0 rings (SSSR count). The Morgan fingerprint density at radius 1 is 1.45 bits per heavy atom. The van der Waals surface area contributed by atoms with Crippen molar-refractivity contribution in [2.75, 3.05) is 0 Å². The lowest BCUT2D eigenvalue weighted by atomic mass is 9.94. The lowest BCUT2D eigenvalue weighted by Gasteiger charge is -2.12. The average molecular weight is 157 g/mol. The van der Waals surface area contributed by atoms with E-state index in [1.807, 2.05) is 6.92 Å². The van der Waals surface area contributed by atoms with Crippen molar-refractivity contribution >= 4 is 12.3 Å². The molecule has 1 atom stereocenters. The molecule has 0 saturated carbocycles. The van der Waals surface area contributed by atoms with Gasteiger partial charge >= 0.3 is 0 Å². The third-order valence-electron chi connectivity index (χ3n) is 1.87. The van der Waals surface area contributed by atoms with Crippen molar-refractivity contribution in [1.82, 2.24) is 5.32 Å². The minimum atomic E-state index is -0.193. The maximum absolute atomic E-state index is 10.8. The number of carbonyl (C=O) groups excluding carboxylic acids is 2. The van der Waals surface area contributed by atoms with Gasteiger partial charge in [-0.1, -0.05) is 20.8 Å². The van der Waals surface area contributed by atoms with E-state index >= 15 is 0 Å². The van der Waals surface area contributed by atoms with Crippen LogP contribution in [0.5, 0.6) is 0 Å². The van der Waals surface area contributed by atoms with Gasteiger partial charge in [-0.25, -0.2) is 0 Å². The van der Waals surface area contributed by atoms with E-state index in [0.29, 0.717) is 24.7 Å². The fourth-order valence-electron chi connectivity index (χ4n) is 0.653. The van der Waals surface area contributed by atoms with Crippen LogP contribution in [0.2, 0.25) is 0 Å². The van der Waals surface area contributed by atoms with Crippen molar-refractivity contribution in [3.05, 3.63) is 0 Å². The zero-order chi connectivity index (χ0) is 8.85. The summed E-state index contributed by atoms with van der Waals surface area (Å²) in [6.07, 6.45) is 0.853. The molecule has 0 saturated heterocycles. The zero-order valence-electron chi connectivity index (χ0n) is 7.26. The van der Waals surface area contributed by atoms with Gasteiger partial charge in [0, 0.05) is 6.42 Å². The van der Waals surface area contributed by atoms with Gasteiger partial charge in [-0.2, -0.15) is 0 Å². The van der Waals surface area contributed by atoms with Crippen molar-refractivity contribution in [2.24, 2.45) is 11.8 Å². The SMILES string of the molecule is CC(C)C(C)CC(=O)NC=O. The lowest BCUT2D eigenvalue weighted by Crippen LogP contribution is -2.24. The summed E-state index contributed by atoms with van der Waals surface area (Å²) >= 11 is 0. The fraction of sp³-hybridized carbons (Fsp3) is 0.750. The molecule has 0 radical (unpaired) electrons. The summed E-state index contributed by atoms with van der Waals surface area (Å²) in [6, 6.07) is 0. The van der Waals surface area contributed by atoms with Gasteiger partial charge in [0.2, 0.25) is 12.3 Å². The Balaban J connectivity index is 3.65. The van der Waals surface area contributed by atoms with Gasteiger partial charge in [0.05, 0.1) is 0 Å². The second-order valence-electron chi connectivity index (χ2n) is 3.11. The molecule has 1 unspecified atom stereocenters. The third-order valence-corrected chi connectivity index (χ3v) is 1.87. The molecule has 0 aliphatic rings. The van der Waals surface area contributed by atoms with E-state index in [1.165, 1.54) is 0 Å². The molecule has 0 bridgehead atoms. The number of amides is 2. The first-order valence-electron chi connectivity index (χ1n) is 3.81. The molecule has 0 aromatic rings. The van der Waals surface area contributed by atoms with E-state index in [9.17, 15) is 9.59 Å². The maximum atomic E-state index is 10.8. The number of carbonyl (C=O) groups is 2. The Kier molecular flexibility index (Phi) is 4.50. The number of hydrogen-bond donors (Lipinski definition) is 1. The molecule has 0 aromatic carbocycles. The number of rotatable bonds is 4. The molecule has 0 fully saturated rings. The van der Waals surface area contributed by atoms with Crippen molar-refractivity contribution in [3.8, 4) is 0 Å². The van der Waals surface area contributed by atoms with E-state index in [4.69, 9.17) is 0 Å². The molecule has 0 heterocycles. The zero-order valence-corrected chi connectivity index (χ0v) is 7.26. The summed E-state index contributed by atoms with van der Waals surface area (Å²) in [5.41, 5.74) is 0. The minimum Gasteiger partial charge on any atom is -0.299 e. The van der Waals surface area contributed by atoms with Gasteiger partial charge in [0.25, 0.3) is 0 Å². The van der Waals surface area contributed by atoms with Crippen molar-refractivity contribution in [2.45, 2.75) is 27.2 Å². The standard InChI is InChI=1S/C8H15NO2/c1-6(2)7(3)4-8(11)9-5-10/h5-7H,4H2,1-3H3,(H,9,10,11). The van der Waals surface area contributed by atoms with Gasteiger partial charge in [0.15, 0.2) is 0 Å². The second-order valence-corrected chi connectivity index (χ2v) is 3.11. The van der Waals surface area contributed by atoms with Gasteiger partial charge in [-0.15, -0.1) is 0 Å². The molecule has 11 heavy (non-hydrogen) atoms. The van der Waals surface area contributed by atoms with Crippen molar-refractivity contribution < 1.29 is 9.59 Å². The first-order valence-corrected chi connectivity index (χ1v) is 3.81. The van der Waals surface area contributed by atoms with Crippen LogP contribution < -0.4 is 5.32 Å². The highest BCUT2D eigenvalue weighted by Gasteiger charge is 2.11. The Labute approximate surface area is 67.2 Å². The Hall–Kier alpha value is -0.860. The molecule has 3 nitrogen and oxygen atoms in total. The first kappa shape index (κ1) is 10.1. The molecule has 0 aliphatic carbocycles. The van der Waals surface area contributed by atoms with E-state index in [0.717, 1.165) is 0 Å². The van der Waals surface area contributed by atoms with E-state index in [1.54, 1.807) is 0 Å². The van der Waals surface area contributed by atoms with Crippen LogP contribution in [0.25, 0.3) is 0 Å². The topological polar surface area (TPSA) is 46.2 Å².